The highest BCUT2D eigenvalue weighted by Crippen LogP contribution is 2.34. The highest BCUT2D eigenvalue weighted by atomic mass is 35.5. The summed E-state index contributed by atoms with van der Waals surface area (Å²) in [7, 11) is 0. The predicted molar refractivity (Wildman–Crippen MR) is 136 cm³/mol. The van der Waals surface area contributed by atoms with Gasteiger partial charge in [-0.2, -0.15) is 0 Å². The number of carbonyl (C=O) groups is 2. The molecule has 0 heterocycles. The van der Waals surface area contributed by atoms with Gasteiger partial charge in [0.2, 0.25) is 0 Å². The number of anilines is 3. The van der Waals surface area contributed by atoms with E-state index in [4.69, 9.17) is 11.6 Å². The molecule has 0 aliphatic rings. The van der Waals surface area contributed by atoms with E-state index in [0.717, 1.165) is 26.4 Å². The Kier molecular flexibility index (Phi) is 5.51. The molecule has 0 atom stereocenters. The Morgan fingerprint density at radius 2 is 1.21 bits per heavy atom. The second-order valence-corrected chi connectivity index (χ2v) is 7.89. The van der Waals surface area contributed by atoms with E-state index in [2.05, 4.69) is 0 Å². The molecule has 5 aromatic carbocycles. The molecule has 0 unspecified atom stereocenters. The van der Waals surface area contributed by atoms with Crippen molar-refractivity contribution < 1.29 is 9.59 Å². The van der Waals surface area contributed by atoms with Crippen LogP contribution in [0.5, 0.6) is 0 Å². The number of fused-ring (bicyclic) bond motifs is 2. The molecule has 0 radical (unpaired) electrons. The summed E-state index contributed by atoms with van der Waals surface area (Å²) in [6.45, 7) is 0. The predicted octanol–water partition coefficient (Wildman–Crippen LogP) is 8.12. The standard InChI is InChI=1S/C28H19ClN2O2/c29-27(32)31(26-16-8-12-21-10-6-7-15-25(21)26)28(33)30(23-13-2-1-3-14-23)24-18-17-20-9-4-5-11-22(20)19-24/h1-19H. The number of amides is 3. The first kappa shape index (κ1) is 20.7. The summed E-state index contributed by atoms with van der Waals surface area (Å²) in [5.74, 6) is 0. The van der Waals surface area contributed by atoms with Gasteiger partial charge in [0.25, 0.3) is 0 Å². The first-order valence-corrected chi connectivity index (χ1v) is 10.9. The van der Waals surface area contributed by atoms with Crippen LogP contribution in [0.1, 0.15) is 0 Å². The third-order valence-electron chi connectivity index (χ3n) is 5.57. The molecule has 0 aliphatic heterocycles. The van der Waals surface area contributed by atoms with Crippen molar-refractivity contribution in [2.24, 2.45) is 0 Å². The maximum Gasteiger partial charge on any atom is 0.341 e. The van der Waals surface area contributed by atoms with Crippen molar-refractivity contribution >= 4 is 61.6 Å². The lowest BCUT2D eigenvalue weighted by atomic mass is 10.1. The molecule has 0 aromatic heterocycles. The first-order valence-electron chi connectivity index (χ1n) is 10.5. The van der Waals surface area contributed by atoms with E-state index in [1.165, 1.54) is 4.90 Å². The van der Waals surface area contributed by atoms with Crippen molar-refractivity contribution in [2.45, 2.75) is 0 Å². The average molecular weight is 451 g/mol. The number of nitrogens with zero attached hydrogens (tertiary/aromatic N) is 2. The summed E-state index contributed by atoms with van der Waals surface area (Å²) in [6.07, 6.45) is 0. The number of hydrogen-bond acceptors (Lipinski definition) is 2. The van der Waals surface area contributed by atoms with Crippen LogP contribution in [0.25, 0.3) is 21.5 Å². The summed E-state index contributed by atoms with van der Waals surface area (Å²) < 4.78 is 0. The van der Waals surface area contributed by atoms with Crippen LogP contribution in [0.3, 0.4) is 0 Å². The summed E-state index contributed by atoms with van der Waals surface area (Å²) in [5.41, 5.74) is 1.69. The van der Waals surface area contributed by atoms with E-state index in [9.17, 15) is 9.59 Å². The fourth-order valence-corrected chi connectivity index (χ4v) is 4.20. The molecule has 0 fully saturated rings. The van der Waals surface area contributed by atoms with Gasteiger partial charge in [0, 0.05) is 5.39 Å². The van der Waals surface area contributed by atoms with Crippen molar-refractivity contribution in [1.82, 2.24) is 0 Å². The summed E-state index contributed by atoms with van der Waals surface area (Å²) in [5, 5.41) is 2.83. The summed E-state index contributed by atoms with van der Waals surface area (Å²) in [6, 6.07) is 35.4. The number of imide groups is 1. The Balaban J connectivity index is 1.69. The minimum absolute atomic E-state index is 0.430. The molecule has 5 heteroatoms. The quantitative estimate of drug-likeness (QED) is 0.206. The van der Waals surface area contributed by atoms with Crippen LogP contribution in [0.2, 0.25) is 0 Å². The van der Waals surface area contributed by atoms with Gasteiger partial charge in [0.15, 0.2) is 0 Å². The van der Waals surface area contributed by atoms with Gasteiger partial charge in [-0.15, -0.1) is 0 Å². The number of hydrogen-bond donors (Lipinski definition) is 0. The molecule has 0 saturated carbocycles. The molecule has 0 bridgehead atoms. The highest BCUT2D eigenvalue weighted by molar-refractivity contribution is 6.68. The number of urea groups is 1. The van der Waals surface area contributed by atoms with Crippen molar-refractivity contribution in [3.05, 3.63) is 115 Å². The monoisotopic (exact) mass is 450 g/mol. The maximum atomic E-state index is 14.0. The van der Waals surface area contributed by atoms with Crippen LogP contribution in [0.15, 0.2) is 115 Å². The van der Waals surface area contributed by atoms with E-state index >= 15 is 0 Å². The van der Waals surface area contributed by atoms with Crippen LogP contribution >= 0.6 is 11.6 Å². The van der Waals surface area contributed by atoms with E-state index in [0.29, 0.717) is 17.1 Å². The Labute approximate surface area is 196 Å². The smallest absolute Gasteiger partial charge is 0.262 e. The van der Waals surface area contributed by atoms with Gasteiger partial charge in [-0.3, -0.25) is 9.69 Å². The molecule has 0 N–H and O–H groups in total. The molecular weight excluding hydrogens is 432 g/mol. The Hall–Kier alpha value is -4.15. The normalized spacial score (nSPS) is 10.8. The summed E-state index contributed by atoms with van der Waals surface area (Å²) in [4.78, 5) is 29.2. The van der Waals surface area contributed by atoms with E-state index in [1.54, 1.807) is 12.1 Å². The van der Waals surface area contributed by atoms with Crippen LogP contribution in [-0.4, -0.2) is 11.4 Å². The third kappa shape index (κ3) is 3.93. The number of para-hydroxylation sites is 1. The topological polar surface area (TPSA) is 40.6 Å². The zero-order valence-corrected chi connectivity index (χ0v) is 18.3. The molecule has 5 rings (SSSR count). The fourth-order valence-electron chi connectivity index (χ4n) is 4.04. The minimum Gasteiger partial charge on any atom is -0.262 e. The second-order valence-electron chi connectivity index (χ2n) is 7.57. The SMILES string of the molecule is O=C(Cl)N(C(=O)N(c1ccccc1)c1ccc2ccccc2c1)c1cccc2ccccc12. The van der Waals surface area contributed by atoms with Crippen LogP contribution in [0, 0.1) is 0 Å². The van der Waals surface area contributed by atoms with Crippen LogP contribution < -0.4 is 9.80 Å². The molecule has 4 nitrogen and oxygen atoms in total. The summed E-state index contributed by atoms with van der Waals surface area (Å²) >= 11 is 6.03. The van der Waals surface area contributed by atoms with Crippen molar-refractivity contribution in [3.8, 4) is 0 Å². The number of halogens is 1. The Bertz CT molecular complexity index is 1480. The number of benzene rings is 5. The van der Waals surface area contributed by atoms with Crippen molar-refractivity contribution in [2.75, 3.05) is 9.80 Å². The van der Waals surface area contributed by atoms with Gasteiger partial charge in [-0.25, -0.2) is 9.69 Å². The van der Waals surface area contributed by atoms with Crippen molar-refractivity contribution in [1.29, 1.82) is 0 Å². The lowest BCUT2D eigenvalue weighted by Gasteiger charge is -2.29. The van der Waals surface area contributed by atoms with Gasteiger partial charge in [-0.1, -0.05) is 84.9 Å². The zero-order chi connectivity index (χ0) is 22.8. The van der Waals surface area contributed by atoms with Gasteiger partial charge in [-0.05, 0) is 58.1 Å². The lowest BCUT2D eigenvalue weighted by Crippen LogP contribution is -2.42. The molecule has 3 amide bonds. The van der Waals surface area contributed by atoms with E-state index < -0.39 is 11.4 Å². The lowest BCUT2D eigenvalue weighted by molar-refractivity contribution is 0.248. The van der Waals surface area contributed by atoms with Crippen LogP contribution in [-0.2, 0) is 0 Å². The van der Waals surface area contributed by atoms with Crippen LogP contribution in [0.4, 0.5) is 26.7 Å². The molecule has 160 valence electrons. The Morgan fingerprint density at radius 1 is 0.576 bits per heavy atom. The molecular formula is C28H19ClN2O2. The molecule has 0 spiro atoms. The maximum absolute atomic E-state index is 14.0. The van der Waals surface area contributed by atoms with Crippen molar-refractivity contribution in [3.63, 3.8) is 0 Å². The molecule has 5 aromatic rings. The number of rotatable bonds is 3. The average Bonchev–Trinajstić information content (AvgIpc) is 2.85. The molecule has 33 heavy (non-hydrogen) atoms. The largest absolute Gasteiger partial charge is 0.341 e. The Morgan fingerprint density at radius 3 is 1.97 bits per heavy atom. The third-order valence-corrected chi connectivity index (χ3v) is 5.74. The van der Waals surface area contributed by atoms with Gasteiger partial charge >= 0.3 is 11.4 Å². The molecule has 0 saturated heterocycles. The van der Waals surface area contributed by atoms with Gasteiger partial charge < -0.3 is 0 Å². The zero-order valence-electron chi connectivity index (χ0n) is 17.6. The first-order chi connectivity index (χ1) is 16.1. The highest BCUT2D eigenvalue weighted by Gasteiger charge is 2.30. The second kappa shape index (κ2) is 8.77. The van der Waals surface area contributed by atoms with Gasteiger partial charge in [0.05, 0.1) is 17.1 Å². The fraction of sp³-hybridized carbons (Fsp3) is 0. The minimum atomic E-state index is -0.877. The molecule has 0 aliphatic carbocycles. The van der Waals surface area contributed by atoms with E-state index in [-0.39, 0.29) is 0 Å². The number of carbonyl (C=O) groups excluding carboxylic acids is 2. The van der Waals surface area contributed by atoms with E-state index in [1.807, 2.05) is 103 Å². The van der Waals surface area contributed by atoms with Gasteiger partial charge in [0.1, 0.15) is 0 Å².